The van der Waals surface area contributed by atoms with Gasteiger partial charge in [-0.3, -0.25) is 10.9 Å². The van der Waals surface area contributed by atoms with Gasteiger partial charge in [-0.15, -0.1) is 0 Å². The molecule has 0 rings (SSSR count). The monoisotopic (exact) mass is 186 g/mol. The van der Waals surface area contributed by atoms with Gasteiger partial charge in [0.05, 0.1) is 0 Å². The van der Waals surface area contributed by atoms with E-state index in [-0.39, 0.29) is 0 Å². The number of rotatable bonds is 10. The molecule has 2 nitrogen and oxygen atoms in total. The third-order valence-corrected chi connectivity index (χ3v) is 2.33. The fraction of sp³-hybridized carbons (Fsp3) is 1.00. The van der Waals surface area contributed by atoms with Crippen LogP contribution in [0.25, 0.3) is 0 Å². The van der Waals surface area contributed by atoms with E-state index in [1.54, 1.807) is 0 Å². The van der Waals surface area contributed by atoms with E-state index in [1.807, 2.05) is 7.05 Å². The van der Waals surface area contributed by atoms with Crippen molar-refractivity contribution >= 4 is 0 Å². The maximum absolute atomic E-state index is 3.11. The molecule has 0 saturated carbocycles. The molecule has 0 aromatic rings. The summed E-state index contributed by atoms with van der Waals surface area (Å²) in [7, 11) is 1.92. The fourth-order valence-electron chi connectivity index (χ4n) is 1.47. The normalized spacial score (nSPS) is 10.6. The SMILES string of the molecule is CCCCCCCCCCNNC. The van der Waals surface area contributed by atoms with E-state index in [0.717, 1.165) is 6.54 Å². The molecule has 0 bridgehead atoms. The molecule has 0 unspecified atom stereocenters. The predicted molar refractivity (Wildman–Crippen MR) is 59.7 cm³/mol. The summed E-state index contributed by atoms with van der Waals surface area (Å²) >= 11 is 0. The molecule has 0 amide bonds. The van der Waals surface area contributed by atoms with Gasteiger partial charge in [0.1, 0.15) is 0 Å². The van der Waals surface area contributed by atoms with Crippen molar-refractivity contribution in [2.75, 3.05) is 13.6 Å². The van der Waals surface area contributed by atoms with Crippen molar-refractivity contribution in [3.63, 3.8) is 0 Å². The summed E-state index contributed by atoms with van der Waals surface area (Å²) in [6.45, 7) is 3.37. The van der Waals surface area contributed by atoms with Crippen molar-refractivity contribution in [2.45, 2.75) is 58.3 Å². The van der Waals surface area contributed by atoms with E-state index in [9.17, 15) is 0 Å². The zero-order chi connectivity index (χ0) is 9.78. The minimum Gasteiger partial charge on any atom is -0.261 e. The Hall–Kier alpha value is -0.0800. The van der Waals surface area contributed by atoms with Crippen LogP contribution in [0.2, 0.25) is 0 Å². The first kappa shape index (κ1) is 12.9. The van der Waals surface area contributed by atoms with E-state index >= 15 is 0 Å². The van der Waals surface area contributed by atoms with Crippen molar-refractivity contribution < 1.29 is 0 Å². The summed E-state index contributed by atoms with van der Waals surface area (Å²) in [5, 5.41) is 0. The van der Waals surface area contributed by atoms with Gasteiger partial charge in [-0.05, 0) is 13.5 Å². The Morgan fingerprint density at radius 1 is 0.769 bits per heavy atom. The van der Waals surface area contributed by atoms with E-state index in [0.29, 0.717) is 0 Å². The molecule has 0 saturated heterocycles. The first-order chi connectivity index (χ1) is 6.41. The van der Waals surface area contributed by atoms with Gasteiger partial charge in [0.2, 0.25) is 0 Å². The van der Waals surface area contributed by atoms with Crippen LogP contribution in [0.1, 0.15) is 58.3 Å². The van der Waals surface area contributed by atoms with E-state index in [4.69, 9.17) is 0 Å². The van der Waals surface area contributed by atoms with Crippen LogP contribution in [-0.4, -0.2) is 13.6 Å². The van der Waals surface area contributed by atoms with Gasteiger partial charge in [-0.25, -0.2) is 0 Å². The fourth-order valence-corrected chi connectivity index (χ4v) is 1.47. The molecule has 0 aromatic carbocycles. The largest absolute Gasteiger partial charge is 0.261 e. The second-order valence-electron chi connectivity index (χ2n) is 3.65. The lowest BCUT2D eigenvalue weighted by atomic mass is 10.1. The van der Waals surface area contributed by atoms with Gasteiger partial charge < -0.3 is 0 Å². The van der Waals surface area contributed by atoms with Gasteiger partial charge in [0, 0.05) is 6.54 Å². The number of unbranched alkanes of at least 4 members (excludes halogenated alkanes) is 7. The number of hydrazine groups is 1. The Balaban J connectivity index is 2.76. The van der Waals surface area contributed by atoms with Crippen molar-refractivity contribution in [2.24, 2.45) is 0 Å². The molecule has 0 spiro atoms. The van der Waals surface area contributed by atoms with Crippen LogP contribution in [0, 0.1) is 0 Å². The van der Waals surface area contributed by atoms with Gasteiger partial charge in [-0.2, -0.15) is 0 Å². The Kier molecular flexibility index (Phi) is 11.8. The molecule has 0 aliphatic rings. The van der Waals surface area contributed by atoms with Crippen LogP contribution < -0.4 is 10.9 Å². The summed E-state index contributed by atoms with van der Waals surface area (Å²) in [6.07, 6.45) is 11.2. The average molecular weight is 186 g/mol. The molecule has 0 atom stereocenters. The standard InChI is InChI=1S/C11H26N2/c1-3-4-5-6-7-8-9-10-11-13-12-2/h12-13H,3-11H2,1-2H3. The van der Waals surface area contributed by atoms with Gasteiger partial charge in [0.15, 0.2) is 0 Å². The molecule has 2 heteroatoms. The third-order valence-electron chi connectivity index (χ3n) is 2.33. The highest BCUT2D eigenvalue weighted by Crippen LogP contribution is 2.07. The van der Waals surface area contributed by atoms with E-state index in [1.165, 1.54) is 51.4 Å². The Labute approximate surface area is 83.5 Å². The van der Waals surface area contributed by atoms with Gasteiger partial charge >= 0.3 is 0 Å². The molecule has 0 fully saturated rings. The summed E-state index contributed by atoms with van der Waals surface area (Å²) in [4.78, 5) is 0. The predicted octanol–water partition coefficient (Wildman–Crippen LogP) is 2.85. The van der Waals surface area contributed by atoms with Crippen LogP contribution in [0.5, 0.6) is 0 Å². The van der Waals surface area contributed by atoms with Crippen LogP contribution >= 0.6 is 0 Å². The quantitative estimate of drug-likeness (QED) is 0.405. The molecule has 0 radical (unpaired) electrons. The topological polar surface area (TPSA) is 24.1 Å². The minimum atomic E-state index is 1.10. The average Bonchev–Trinajstić information content (AvgIpc) is 2.16. The second kappa shape index (κ2) is 11.9. The van der Waals surface area contributed by atoms with E-state index < -0.39 is 0 Å². The summed E-state index contributed by atoms with van der Waals surface area (Å²) in [5.74, 6) is 0. The summed E-state index contributed by atoms with van der Waals surface area (Å²) < 4.78 is 0. The zero-order valence-corrected chi connectivity index (χ0v) is 9.36. The van der Waals surface area contributed by atoms with Crippen molar-refractivity contribution in [1.29, 1.82) is 0 Å². The number of hydrogen-bond acceptors (Lipinski definition) is 2. The highest BCUT2D eigenvalue weighted by atomic mass is 15.3. The van der Waals surface area contributed by atoms with Crippen LogP contribution in [-0.2, 0) is 0 Å². The molecule has 13 heavy (non-hydrogen) atoms. The smallest absolute Gasteiger partial charge is 0.00996 e. The maximum atomic E-state index is 3.11. The third kappa shape index (κ3) is 11.9. The van der Waals surface area contributed by atoms with Crippen LogP contribution in [0.4, 0.5) is 0 Å². The Morgan fingerprint density at radius 2 is 1.31 bits per heavy atom. The Bertz CT molecular complexity index is 74.2. The molecule has 2 N–H and O–H groups in total. The zero-order valence-electron chi connectivity index (χ0n) is 9.36. The lowest BCUT2D eigenvalue weighted by molar-refractivity contribution is 0.529. The summed E-state index contributed by atoms with van der Waals surface area (Å²) in [5.41, 5.74) is 6.05. The van der Waals surface area contributed by atoms with Crippen molar-refractivity contribution in [1.82, 2.24) is 10.9 Å². The van der Waals surface area contributed by atoms with Crippen LogP contribution in [0.15, 0.2) is 0 Å². The lowest BCUT2D eigenvalue weighted by Gasteiger charge is -2.02. The van der Waals surface area contributed by atoms with Gasteiger partial charge in [-0.1, -0.05) is 51.9 Å². The lowest BCUT2D eigenvalue weighted by Crippen LogP contribution is -2.28. The molecule has 0 heterocycles. The maximum Gasteiger partial charge on any atom is 0.00996 e. The minimum absolute atomic E-state index is 1.10. The van der Waals surface area contributed by atoms with E-state index in [2.05, 4.69) is 17.8 Å². The number of hydrogen-bond donors (Lipinski definition) is 2. The first-order valence-corrected chi connectivity index (χ1v) is 5.81. The first-order valence-electron chi connectivity index (χ1n) is 5.81. The molecule has 0 aliphatic heterocycles. The second-order valence-corrected chi connectivity index (χ2v) is 3.65. The van der Waals surface area contributed by atoms with Gasteiger partial charge in [0.25, 0.3) is 0 Å². The molecular weight excluding hydrogens is 160 g/mol. The summed E-state index contributed by atoms with van der Waals surface area (Å²) in [6, 6.07) is 0. The molecule has 0 aromatic heterocycles. The number of nitrogens with one attached hydrogen (secondary N) is 2. The Morgan fingerprint density at radius 3 is 1.85 bits per heavy atom. The van der Waals surface area contributed by atoms with Crippen molar-refractivity contribution in [3.05, 3.63) is 0 Å². The van der Waals surface area contributed by atoms with Crippen LogP contribution in [0.3, 0.4) is 0 Å². The highest BCUT2D eigenvalue weighted by Gasteiger charge is 1.90. The molecule has 0 aliphatic carbocycles. The highest BCUT2D eigenvalue weighted by molar-refractivity contribution is 4.47. The molecular formula is C11H26N2. The molecule has 80 valence electrons. The van der Waals surface area contributed by atoms with Crippen molar-refractivity contribution in [3.8, 4) is 0 Å².